The first-order valence-electron chi connectivity index (χ1n) is 7.83. The summed E-state index contributed by atoms with van der Waals surface area (Å²) in [7, 11) is 2.09. The van der Waals surface area contributed by atoms with Crippen molar-refractivity contribution < 1.29 is 9.59 Å². The van der Waals surface area contributed by atoms with Gasteiger partial charge in [0.15, 0.2) is 5.13 Å². The SMILES string of the molecule is CC(=O)Nc1ccc(CC(=O)Nc2nc3c(s2)CN(C)CC3)cc1. The molecule has 1 aliphatic heterocycles. The predicted octanol–water partition coefficient (Wildman–Crippen LogP) is 2.27. The van der Waals surface area contributed by atoms with E-state index in [1.54, 1.807) is 23.5 Å². The average Bonchev–Trinajstić information content (AvgIpc) is 2.89. The Bertz CT molecular complexity index is 754. The highest BCUT2D eigenvalue weighted by molar-refractivity contribution is 7.15. The Morgan fingerprint density at radius 2 is 2.00 bits per heavy atom. The summed E-state index contributed by atoms with van der Waals surface area (Å²) >= 11 is 1.56. The summed E-state index contributed by atoms with van der Waals surface area (Å²) in [6, 6.07) is 7.27. The van der Waals surface area contributed by atoms with Crippen LogP contribution in [-0.4, -0.2) is 35.3 Å². The van der Waals surface area contributed by atoms with Gasteiger partial charge in [0.05, 0.1) is 12.1 Å². The van der Waals surface area contributed by atoms with Gasteiger partial charge in [-0.15, -0.1) is 11.3 Å². The fourth-order valence-corrected chi connectivity index (χ4v) is 3.74. The molecule has 126 valence electrons. The fraction of sp³-hybridized carbons (Fsp3) is 0.353. The number of fused-ring (bicyclic) bond motifs is 1. The molecule has 0 bridgehead atoms. The van der Waals surface area contributed by atoms with Gasteiger partial charge in [-0.1, -0.05) is 12.1 Å². The number of benzene rings is 1. The van der Waals surface area contributed by atoms with Gasteiger partial charge in [-0.05, 0) is 24.7 Å². The first-order chi connectivity index (χ1) is 11.5. The molecule has 0 radical (unpaired) electrons. The molecule has 0 aliphatic carbocycles. The first kappa shape index (κ1) is 16.6. The number of nitrogens with one attached hydrogen (secondary N) is 2. The fourth-order valence-electron chi connectivity index (χ4n) is 2.63. The van der Waals surface area contributed by atoms with Crippen molar-refractivity contribution in [2.24, 2.45) is 0 Å². The van der Waals surface area contributed by atoms with Gasteiger partial charge in [-0.2, -0.15) is 0 Å². The molecular weight excluding hydrogens is 324 g/mol. The number of thiazole rings is 1. The van der Waals surface area contributed by atoms with Crippen LogP contribution in [0.25, 0.3) is 0 Å². The van der Waals surface area contributed by atoms with Crippen molar-refractivity contribution in [3.05, 3.63) is 40.4 Å². The first-order valence-corrected chi connectivity index (χ1v) is 8.65. The molecular formula is C17H20N4O2S. The summed E-state index contributed by atoms with van der Waals surface area (Å²) in [4.78, 5) is 31.2. The molecule has 0 atom stereocenters. The van der Waals surface area contributed by atoms with E-state index in [1.807, 2.05) is 12.1 Å². The molecule has 1 aromatic carbocycles. The van der Waals surface area contributed by atoms with Gasteiger partial charge in [0.2, 0.25) is 11.8 Å². The Labute approximate surface area is 144 Å². The van der Waals surface area contributed by atoms with E-state index in [4.69, 9.17) is 0 Å². The van der Waals surface area contributed by atoms with Gasteiger partial charge in [-0.3, -0.25) is 9.59 Å². The second-order valence-corrected chi connectivity index (χ2v) is 7.06. The number of carbonyl (C=O) groups is 2. The lowest BCUT2D eigenvalue weighted by Gasteiger charge is -2.20. The van der Waals surface area contributed by atoms with E-state index in [9.17, 15) is 9.59 Å². The van der Waals surface area contributed by atoms with Crippen LogP contribution < -0.4 is 10.6 Å². The number of rotatable bonds is 4. The lowest BCUT2D eigenvalue weighted by molar-refractivity contribution is -0.116. The molecule has 1 aromatic heterocycles. The summed E-state index contributed by atoms with van der Waals surface area (Å²) in [5.74, 6) is -0.194. The number of hydrogen-bond donors (Lipinski definition) is 2. The molecule has 2 aromatic rings. The predicted molar refractivity (Wildman–Crippen MR) is 95.2 cm³/mol. The van der Waals surface area contributed by atoms with Gasteiger partial charge in [0, 0.05) is 37.0 Å². The Hall–Kier alpha value is -2.25. The van der Waals surface area contributed by atoms with E-state index in [1.165, 1.54) is 11.8 Å². The number of aromatic nitrogens is 1. The van der Waals surface area contributed by atoms with Crippen LogP contribution in [0.2, 0.25) is 0 Å². The Morgan fingerprint density at radius 3 is 2.71 bits per heavy atom. The van der Waals surface area contributed by atoms with E-state index in [0.717, 1.165) is 36.5 Å². The highest BCUT2D eigenvalue weighted by atomic mass is 32.1. The maximum absolute atomic E-state index is 12.2. The van der Waals surface area contributed by atoms with Crippen molar-refractivity contribution in [1.29, 1.82) is 0 Å². The molecule has 2 amide bonds. The third-order valence-electron chi connectivity index (χ3n) is 3.81. The highest BCUT2D eigenvalue weighted by Crippen LogP contribution is 2.27. The Balaban J connectivity index is 1.58. The largest absolute Gasteiger partial charge is 0.326 e. The summed E-state index contributed by atoms with van der Waals surface area (Å²) < 4.78 is 0. The smallest absolute Gasteiger partial charge is 0.230 e. The van der Waals surface area contributed by atoms with Gasteiger partial charge in [-0.25, -0.2) is 4.98 Å². The molecule has 0 unspecified atom stereocenters. The van der Waals surface area contributed by atoms with Crippen molar-refractivity contribution in [2.75, 3.05) is 24.2 Å². The topological polar surface area (TPSA) is 74.3 Å². The number of nitrogens with zero attached hydrogens (tertiary/aromatic N) is 2. The van der Waals surface area contributed by atoms with Crippen LogP contribution in [0.15, 0.2) is 24.3 Å². The third kappa shape index (κ3) is 4.18. The molecule has 0 fully saturated rings. The molecule has 2 heterocycles. The van der Waals surface area contributed by atoms with Crippen LogP contribution >= 0.6 is 11.3 Å². The van der Waals surface area contributed by atoms with Crippen LogP contribution in [0.3, 0.4) is 0 Å². The number of anilines is 2. The lowest BCUT2D eigenvalue weighted by atomic mass is 10.1. The summed E-state index contributed by atoms with van der Waals surface area (Å²) in [5.41, 5.74) is 2.72. The van der Waals surface area contributed by atoms with Crippen LogP contribution in [-0.2, 0) is 29.0 Å². The highest BCUT2D eigenvalue weighted by Gasteiger charge is 2.19. The van der Waals surface area contributed by atoms with E-state index in [-0.39, 0.29) is 18.2 Å². The molecule has 24 heavy (non-hydrogen) atoms. The van der Waals surface area contributed by atoms with Crippen LogP contribution in [0.1, 0.15) is 23.1 Å². The number of hydrogen-bond acceptors (Lipinski definition) is 5. The van der Waals surface area contributed by atoms with Crippen molar-refractivity contribution in [1.82, 2.24) is 9.88 Å². The maximum atomic E-state index is 12.2. The second-order valence-electron chi connectivity index (χ2n) is 5.98. The van der Waals surface area contributed by atoms with Crippen molar-refractivity contribution in [2.45, 2.75) is 26.3 Å². The van der Waals surface area contributed by atoms with Gasteiger partial charge in [0.25, 0.3) is 0 Å². The minimum Gasteiger partial charge on any atom is -0.326 e. The normalized spacial score (nSPS) is 14.1. The third-order valence-corrected chi connectivity index (χ3v) is 4.81. The van der Waals surface area contributed by atoms with Crippen molar-refractivity contribution >= 4 is 34.0 Å². The van der Waals surface area contributed by atoms with Crippen LogP contribution in [0.5, 0.6) is 0 Å². The lowest BCUT2D eigenvalue weighted by Crippen LogP contribution is -2.25. The van der Waals surface area contributed by atoms with Gasteiger partial charge in [0.1, 0.15) is 0 Å². The molecule has 0 saturated heterocycles. The molecule has 7 heteroatoms. The van der Waals surface area contributed by atoms with Crippen LogP contribution in [0, 0.1) is 0 Å². The zero-order valence-corrected chi connectivity index (χ0v) is 14.6. The summed E-state index contributed by atoms with van der Waals surface area (Å²) in [5, 5.41) is 6.27. The van der Waals surface area contributed by atoms with E-state index in [2.05, 4.69) is 27.6 Å². The molecule has 6 nitrogen and oxygen atoms in total. The van der Waals surface area contributed by atoms with E-state index >= 15 is 0 Å². The Kier molecular flexibility index (Phi) is 4.92. The van der Waals surface area contributed by atoms with Gasteiger partial charge < -0.3 is 15.5 Å². The quantitative estimate of drug-likeness (QED) is 0.892. The molecule has 2 N–H and O–H groups in total. The second kappa shape index (κ2) is 7.11. The monoisotopic (exact) mass is 344 g/mol. The average molecular weight is 344 g/mol. The molecule has 0 saturated carbocycles. The standard InChI is InChI=1S/C17H20N4O2S/c1-11(22)18-13-5-3-12(4-6-13)9-16(23)20-17-19-14-7-8-21(2)10-15(14)24-17/h3-6H,7-10H2,1-2H3,(H,18,22)(H,19,20,23). The van der Waals surface area contributed by atoms with Gasteiger partial charge >= 0.3 is 0 Å². The van der Waals surface area contributed by atoms with E-state index in [0.29, 0.717) is 5.13 Å². The zero-order chi connectivity index (χ0) is 17.1. The minimum absolute atomic E-state index is 0.0817. The van der Waals surface area contributed by atoms with Crippen molar-refractivity contribution in [3.8, 4) is 0 Å². The molecule has 0 spiro atoms. The van der Waals surface area contributed by atoms with Crippen molar-refractivity contribution in [3.63, 3.8) is 0 Å². The number of amides is 2. The number of carbonyl (C=O) groups excluding carboxylic acids is 2. The summed E-state index contributed by atoms with van der Waals surface area (Å²) in [6.07, 6.45) is 1.22. The minimum atomic E-state index is -0.112. The number of likely N-dealkylation sites (N-methyl/N-ethyl adjacent to an activating group) is 1. The Morgan fingerprint density at radius 1 is 1.25 bits per heavy atom. The molecule has 3 rings (SSSR count). The summed E-state index contributed by atoms with van der Waals surface area (Å²) in [6.45, 7) is 3.37. The molecule has 1 aliphatic rings. The van der Waals surface area contributed by atoms with E-state index < -0.39 is 0 Å². The zero-order valence-electron chi connectivity index (χ0n) is 13.8. The van der Waals surface area contributed by atoms with Crippen LogP contribution in [0.4, 0.5) is 10.8 Å². The maximum Gasteiger partial charge on any atom is 0.230 e.